The summed E-state index contributed by atoms with van der Waals surface area (Å²) in [5, 5.41) is 0. The van der Waals surface area contributed by atoms with E-state index in [9.17, 15) is 14.4 Å². The quantitative estimate of drug-likeness (QED) is 0.0380. The van der Waals surface area contributed by atoms with Gasteiger partial charge < -0.3 is 14.2 Å². The van der Waals surface area contributed by atoms with Crippen LogP contribution < -0.4 is 0 Å². The van der Waals surface area contributed by atoms with Crippen molar-refractivity contribution >= 4 is 17.9 Å². The maximum atomic E-state index is 12.5. The highest BCUT2D eigenvalue weighted by Gasteiger charge is 2.19. The second-order valence-electron chi connectivity index (χ2n) is 14.9. The van der Waals surface area contributed by atoms with Crippen LogP contribution in [0.15, 0.2) is 0 Å². The second-order valence-corrected chi connectivity index (χ2v) is 14.9. The van der Waals surface area contributed by atoms with Crippen LogP contribution in [0.1, 0.15) is 214 Å². The lowest BCUT2D eigenvalue weighted by Crippen LogP contribution is -2.30. The van der Waals surface area contributed by atoms with E-state index in [4.69, 9.17) is 14.2 Å². The smallest absolute Gasteiger partial charge is 0.306 e. The van der Waals surface area contributed by atoms with Crippen LogP contribution in [0.5, 0.6) is 0 Å². The summed E-state index contributed by atoms with van der Waals surface area (Å²) in [6, 6.07) is 0. The number of hydrogen-bond acceptors (Lipinski definition) is 6. The minimum atomic E-state index is -0.758. The fourth-order valence-electron chi connectivity index (χ4n) is 5.87. The summed E-state index contributed by atoms with van der Waals surface area (Å²) >= 11 is 0. The summed E-state index contributed by atoms with van der Waals surface area (Å²) in [6.45, 7) is 11.2. The SMILES string of the molecule is CCCCCCCCCC(=O)O[C@@H](COC(=O)CCCCCCCCCCCC(C)C)COC(=O)CCCCCCCCCC(C)C. The summed E-state index contributed by atoms with van der Waals surface area (Å²) in [4.78, 5) is 37.4. The first-order chi connectivity index (χ1) is 22.7. The first-order valence-electron chi connectivity index (χ1n) is 20.2. The zero-order chi connectivity index (χ0) is 34.8. The number of esters is 3. The first-order valence-corrected chi connectivity index (χ1v) is 20.2. The molecule has 47 heavy (non-hydrogen) atoms. The predicted molar refractivity (Wildman–Crippen MR) is 196 cm³/mol. The number of ether oxygens (including phenoxy) is 3. The van der Waals surface area contributed by atoms with Crippen molar-refractivity contribution in [3.63, 3.8) is 0 Å². The van der Waals surface area contributed by atoms with Gasteiger partial charge in [-0.15, -0.1) is 0 Å². The van der Waals surface area contributed by atoms with E-state index in [0.29, 0.717) is 19.3 Å². The van der Waals surface area contributed by atoms with E-state index < -0.39 is 6.10 Å². The van der Waals surface area contributed by atoms with Gasteiger partial charge in [-0.25, -0.2) is 0 Å². The Kier molecular flexibility index (Phi) is 33.1. The number of hydrogen-bond donors (Lipinski definition) is 0. The topological polar surface area (TPSA) is 78.9 Å². The van der Waals surface area contributed by atoms with Gasteiger partial charge in [0, 0.05) is 19.3 Å². The van der Waals surface area contributed by atoms with Crippen molar-refractivity contribution in [2.75, 3.05) is 13.2 Å². The molecule has 0 saturated heterocycles. The molecular formula is C41H78O6. The molecule has 6 heteroatoms. The van der Waals surface area contributed by atoms with E-state index in [2.05, 4.69) is 34.6 Å². The molecule has 0 rings (SSSR count). The van der Waals surface area contributed by atoms with Crippen molar-refractivity contribution in [3.8, 4) is 0 Å². The van der Waals surface area contributed by atoms with Crippen molar-refractivity contribution in [2.24, 2.45) is 11.8 Å². The summed E-state index contributed by atoms with van der Waals surface area (Å²) in [7, 11) is 0. The first kappa shape index (κ1) is 45.4. The van der Waals surface area contributed by atoms with Crippen LogP contribution >= 0.6 is 0 Å². The Morgan fingerprint density at radius 1 is 0.404 bits per heavy atom. The standard InChI is InChI=1S/C41H78O6/c1-6-7-8-9-14-23-28-33-41(44)47-38(35-46-40(43)32-27-22-18-13-16-20-25-30-37(4)5)34-45-39(42)31-26-21-17-12-10-11-15-19-24-29-36(2)3/h36-38H,6-35H2,1-5H3/t38-/m0/s1. The highest BCUT2D eigenvalue weighted by atomic mass is 16.6. The molecule has 278 valence electrons. The van der Waals surface area contributed by atoms with E-state index in [-0.39, 0.29) is 31.1 Å². The lowest BCUT2D eigenvalue weighted by Gasteiger charge is -2.18. The van der Waals surface area contributed by atoms with Gasteiger partial charge in [-0.05, 0) is 31.1 Å². The Balaban J connectivity index is 4.30. The minimum Gasteiger partial charge on any atom is -0.462 e. The summed E-state index contributed by atoms with van der Waals surface area (Å²) in [5.41, 5.74) is 0. The molecule has 0 heterocycles. The zero-order valence-electron chi connectivity index (χ0n) is 31.9. The molecule has 0 aliphatic carbocycles. The molecule has 0 radical (unpaired) electrons. The third-order valence-electron chi connectivity index (χ3n) is 8.97. The third-order valence-corrected chi connectivity index (χ3v) is 8.97. The van der Waals surface area contributed by atoms with Crippen molar-refractivity contribution in [1.82, 2.24) is 0 Å². The summed E-state index contributed by atoms with van der Waals surface area (Å²) < 4.78 is 16.6. The Morgan fingerprint density at radius 2 is 0.702 bits per heavy atom. The third kappa shape index (κ3) is 35.5. The Labute approximate surface area is 291 Å². The van der Waals surface area contributed by atoms with Gasteiger partial charge in [0.05, 0.1) is 0 Å². The molecule has 0 saturated carbocycles. The minimum absolute atomic E-state index is 0.0670. The van der Waals surface area contributed by atoms with Crippen LogP contribution in [0, 0.1) is 11.8 Å². The highest BCUT2D eigenvalue weighted by molar-refractivity contribution is 5.71. The van der Waals surface area contributed by atoms with Gasteiger partial charge in [0.2, 0.25) is 0 Å². The van der Waals surface area contributed by atoms with Gasteiger partial charge in [-0.2, -0.15) is 0 Å². The highest BCUT2D eigenvalue weighted by Crippen LogP contribution is 2.15. The maximum absolute atomic E-state index is 12.5. The molecule has 6 nitrogen and oxygen atoms in total. The summed E-state index contributed by atoms with van der Waals surface area (Å²) in [5.74, 6) is 0.716. The molecule has 1 atom stereocenters. The number of rotatable bonds is 35. The van der Waals surface area contributed by atoms with Crippen LogP contribution in [0.4, 0.5) is 0 Å². The van der Waals surface area contributed by atoms with Gasteiger partial charge >= 0.3 is 17.9 Å². The maximum Gasteiger partial charge on any atom is 0.306 e. The number of unbranched alkanes of at least 4 members (excludes halogenated alkanes) is 20. The largest absolute Gasteiger partial charge is 0.462 e. The van der Waals surface area contributed by atoms with Gasteiger partial charge in [-0.3, -0.25) is 14.4 Å². The molecule has 0 amide bonds. The van der Waals surface area contributed by atoms with Crippen molar-refractivity contribution < 1.29 is 28.6 Å². The average Bonchev–Trinajstić information content (AvgIpc) is 3.03. The molecule has 0 unspecified atom stereocenters. The Bertz CT molecular complexity index is 719. The van der Waals surface area contributed by atoms with Crippen LogP contribution in [0.2, 0.25) is 0 Å². The molecule has 0 bridgehead atoms. The van der Waals surface area contributed by atoms with Crippen LogP contribution in [-0.4, -0.2) is 37.2 Å². The number of carbonyl (C=O) groups is 3. The van der Waals surface area contributed by atoms with Gasteiger partial charge in [0.15, 0.2) is 6.10 Å². The molecule has 0 aromatic heterocycles. The molecule has 0 aliphatic heterocycles. The lowest BCUT2D eigenvalue weighted by atomic mass is 10.0. The van der Waals surface area contributed by atoms with Crippen LogP contribution in [0.3, 0.4) is 0 Å². The Hall–Kier alpha value is -1.59. The molecule has 0 fully saturated rings. The second kappa shape index (κ2) is 34.3. The van der Waals surface area contributed by atoms with Gasteiger partial charge in [-0.1, -0.05) is 176 Å². The Morgan fingerprint density at radius 3 is 1.04 bits per heavy atom. The van der Waals surface area contributed by atoms with E-state index >= 15 is 0 Å². The molecule has 0 spiro atoms. The van der Waals surface area contributed by atoms with E-state index in [1.807, 2.05) is 0 Å². The fourth-order valence-corrected chi connectivity index (χ4v) is 5.87. The summed E-state index contributed by atoms with van der Waals surface area (Å²) in [6.07, 6.45) is 29.7. The molecule has 0 aromatic carbocycles. The van der Waals surface area contributed by atoms with E-state index in [1.54, 1.807) is 0 Å². The van der Waals surface area contributed by atoms with Crippen molar-refractivity contribution in [3.05, 3.63) is 0 Å². The average molecular weight is 667 g/mol. The normalized spacial score (nSPS) is 12.1. The van der Waals surface area contributed by atoms with Crippen molar-refractivity contribution in [1.29, 1.82) is 0 Å². The van der Waals surface area contributed by atoms with Gasteiger partial charge in [0.25, 0.3) is 0 Å². The van der Waals surface area contributed by atoms with Gasteiger partial charge in [0.1, 0.15) is 13.2 Å². The monoisotopic (exact) mass is 667 g/mol. The van der Waals surface area contributed by atoms with Crippen molar-refractivity contribution in [2.45, 2.75) is 221 Å². The fraction of sp³-hybridized carbons (Fsp3) is 0.927. The van der Waals surface area contributed by atoms with Crippen LogP contribution in [0.25, 0.3) is 0 Å². The van der Waals surface area contributed by atoms with Crippen LogP contribution in [-0.2, 0) is 28.6 Å². The molecule has 0 N–H and O–H groups in total. The lowest BCUT2D eigenvalue weighted by molar-refractivity contribution is -0.167. The molecule has 0 aliphatic rings. The molecule has 0 aromatic rings. The predicted octanol–water partition coefficient (Wildman–Crippen LogP) is 12.2. The number of carbonyl (C=O) groups excluding carboxylic acids is 3. The molecular weight excluding hydrogens is 588 g/mol. The zero-order valence-corrected chi connectivity index (χ0v) is 31.9. The van der Waals surface area contributed by atoms with E-state index in [0.717, 1.165) is 69.6 Å². The van der Waals surface area contributed by atoms with E-state index in [1.165, 1.54) is 103 Å².